The van der Waals surface area contributed by atoms with Gasteiger partial charge >= 0.3 is 5.97 Å². The standard InChI is InChI=1S/C13H10ClN3O2/c1-2-17-8-10(7-16-17)13(18)19-11-4-3-9(6-15)12(14)5-11/h3-5,7-8H,2H2,1H3. The summed E-state index contributed by atoms with van der Waals surface area (Å²) in [6.07, 6.45) is 3.05. The number of rotatable bonds is 3. The average Bonchev–Trinajstić information content (AvgIpc) is 2.88. The summed E-state index contributed by atoms with van der Waals surface area (Å²) in [5.41, 5.74) is 0.697. The fourth-order valence-electron chi connectivity index (χ4n) is 1.46. The highest BCUT2D eigenvalue weighted by Gasteiger charge is 2.12. The normalized spacial score (nSPS) is 9.95. The van der Waals surface area contributed by atoms with Crippen molar-refractivity contribution in [2.45, 2.75) is 13.5 Å². The Morgan fingerprint density at radius 3 is 2.95 bits per heavy atom. The van der Waals surface area contributed by atoms with Crippen molar-refractivity contribution < 1.29 is 9.53 Å². The van der Waals surface area contributed by atoms with Crippen LogP contribution in [0.4, 0.5) is 0 Å². The summed E-state index contributed by atoms with van der Waals surface area (Å²) < 4.78 is 6.78. The number of carbonyl (C=O) groups is 1. The van der Waals surface area contributed by atoms with Crippen LogP contribution in [0.25, 0.3) is 0 Å². The van der Waals surface area contributed by atoms with E-state index < -0.39 is 5.97 Å². The SMILES string of the molecule is CCn1cc(C(=O)Oc2ccc(C#N)c(Cl)c2)cn1. The minimum absolute atomic E-state index is 0.247. The number of aromatic nitrogens is 2. The molecule has 0 amide bonds. The Balaban J connectivity index is 2.15. The van der Waals surface area contributed by atoms with Crippen molar-refractivity contribution in [3.05, 3.63) is 46.7 Å². The molecule has 1 heterocycles. The van der Waals surface area contributed by atoms with E-state index in [1.54, 1.807) is 10.9 Å². The lowest BCUT2D eigenvalue weighted by Gasteiger charge is -2.03. The van der Waals surface area contributed by atoms with Gasteiger partial charge in [0.25, 0.3) is 0 Å². The van der Waals surface area contributed by atoms with Crippen LogP contribution in [0.15, 0.2) is 30.6 Å². The topological polar surface area (TPSA) is 67.9 Å². The Bertz CT molecular complexity index is 658. The van der Waals surface area contributed by atoms with Crippen LogP contribution in [-0.4, -0.2) is 15.7 Å². The van der Waals surface area contributed by atoms with Crippen molar-refractivity contribution in [3.8, 4) is 11.8 Å². The molecule has 1 aromatic carbocycles. The summed E-state index contributed by atoms with van der Waals surface area (Å²) >= 11 is 5.86. The summed E-state index contributed by atoms with van der Waals surface area (Å²) in [4.78, 5) is 11.8. The van der Waals surface area contributed by atoms with Gasteiger partial charge < -0.3 is 4.74 Å². The van der Waals surface area contributed by atoms with Gasteiger partial charge in [-0.1, -0.05) is 11.6 Å². The van der Waals surface area contributed by atoms with Crippen LogP contribution in [0.2, 0.25) is 5.02 Å². The third kappa shape index (κ3) is 2.92. The number of halogens is 1. The first-order valence-electron chi connectivity index (χ1n) is 5.58. The zero-order valence-corrected chi connectivity index (χ0v) is 10.9. The Morgan fingerprint density at radius 2 is 2.37 bits per heavy atom. The van der Waals surface area contributed by atoms with Gasteiger partial charge in [-0.3, -0.25) is 4.68 Å². The van der Waals surface area contributed by atoms with E-state index in [0.29, 0.717) is 23.4 Å². The number of benzene rings is 1. The predicted molar refractivity (Wildman–Crippen MR) is 69.0 cm³/mol. The van der Waals surface area contributed by atoms with Gasteiger partial charge in [0.15, 0.2) is 0 Å². The molecule has 5 nitrogen and oxygen atoms in total. The second kappa shape index (κ2) is 5.55. The molecule has 0 aliphatic heterocycles. The van der Waals surface area contributed by atoms with Gasteiger partial charge in [0.1, 0.15) is 11.8 Å². The van der Waals surface area contributed by atoms with Crippen molar-refractivity contribution in [3.63, 3.8) is 0 Å². The Morgan fingerprint density at radius 1 is 1.58 bits per heavy atom. The lowest BCUT2D eigenvalue weighted by atomic mass is 10.2. The second-order valence-corrected chi connectivity index (χ2v) is 4.13. The Labute approximate surface area is 115 Å². The van der Waals surface area contributed by atoms with Gasteiger partial charge in [0.05, 0.1) is 22.3 Å². The molecule has 0 saturated heterocycles. The van der Waals surface area contributed by atoms with Crippen molar-refractivity contribution in [1.29, 1.82) is 5.26 Å². The molecule has 0 fully saturated rings. The highest BCUT2D eigenvalue weighted by Crippen LogP contribution is 2.22. The minimum atomic E-state index is -0.513. The number of nitrogens with zero attached hydrogens (tertiary/aromatic N) is 3. The monoisotopic (exact) mass is 275 g/mol. The summed E-state index contributed by atoms with van der Waals surface area (Å²) in [5, 5.41) is 13.0. The lowest BCUT2D eigenvalue weighted by molar-refractivity contribution is 0.0734. The van der Waals surface area contributed by atoms with Crippen LogP contribution in [0.5, 0.6) is 5.75 Å². The molecule has 0 saturated carbocycles. The van der Waals surface area contributed by atoms with Gasteiger partial charge in [-0.25, -0.2) is 4.79 Å². The second-order valence-electron chi connectivity index (χ2n) is 3.73. The molecular formula is C13H10ClN3O2. The molecule has 6 heteroatoms. The van der Waals surface area contributed by atoms with Crippen LogP contribution >= 0.6 is 11.6 Å². The van der Waals surface area contributed by atoms with E-state index in [1.165, 1.54) is 24.4 Å². The van der Waals surface area contributed by atoms with Crippen molar-refractivity contribution in [2.75, 3.05) is 0 Å². The third-order valence-corrected chi connectivity index (χ3v) is 2.78. The Hall–Kier alpha value is -2.32. The van der Waals surface area contributed by atoms with Gasteiger partial charge in [-0.05, 0) is 19.1 Å². The molecule has 0 radical (unpaired) electrons. The maximum atomic E-state index is 11.8. The fourth-order valence-corrected chi connectivity index (χ4v) is 1.67. The molecule has 0 aliphatic carbocycles. The maximum Gasteiger partial charge on any atom is 0.346 e. The lowest BCUT2D eigenvalue weighted by Crippen LogP contribution is -2.07. The zero-order valence-electron chi connectivity index (χ0n) is 10.1. The summed E-state index contributed by atoms with van der Waals surface area (Å²) in [6, 6.07) is 6.39. The number of ether oxygens (including phenoxy) is 1. The van der Waals surface area contributed by atoms with E-state index >= 15 is 0 Å². The number of carbonyl (C=O) groups excluding carboxylic acids is 1. The molecule has 2 rings (SSSR count). The number of esters is 1. The molecule has 0 aliphatic rings. The minimum Gasteiger partial charge on any atom is -0.423 e. The van der Waals surface area contributed by atoms with Gasteiger partial charge in [-0.2, -0.15) is 10.4 Å². The molecule has 96 valence electrons. The van der Waals surface area contributed by atoms with Crippen molar-refractivity contribution in [2.24, 2.45) is 0 Å². The van der Waals surface area contributed by atoms with Crippen LogP contribution < -0.4 is 4.74 Å². The summed E-state index contributed by atoms with van der Waals surface area (Å²) in [5.74, 6) is -0.223. The molecule has 0 atom stereocenters. The van der Waals surface area contributed by atoms with E-state index in [9.17, 15) is 4.79 Å². The van der Waals surface area contributed by atoms with Gasteiger partial charge in [0, 0.05) is 18.8 Å². The molecule has 0 N–H and O–H groups in total. The number of hydrogen-bond donors (Lipinski definition) is 0. The van der Waals surface area contributed by atoms with Crippen LogP contribution in [0.1, 0.15) is 22.8 Å². The first-order valence-corrected chi connectivity index (χ1v) is 5.96. The van der Waals surface area contributed by atoms with E-state index in [0.717, 1.165) is 0 Å². The van der Waals surface area contributed by atoms with E-state index in [-0.39, 0.29) is 5.02 Å². The van der Waals surface area contributed by atoms with Crippen molar-refractivity contribution >= 4 is 17.6 Å². The van der Waals surface area contributed by atoms with Crippen LogP contribution in [0, 0.1) is 11.3 Å². The van der Waals surface area contributed by atoms with Crippen molar-refractivity contribution in [1.82, 2.24) is 9.78 Å². The summed E-state index contributed by atoms with van der Waals surface area (Å²) in [7, 11) is 0. The number of nitriles is 1. The van der Waals surface area contributed by atoms with E-state index in [1.807, 2.05) is 13.0 Å². The van der Waals surface area contributed by atoms with E-state index in [4.69, 9.17) is 21.6 Å². The molecule has 1 aromatic heterocycles. The van der Waals surface area contributed by atoms with Crippen LogP contribution in [-0.2, 0) is 6.54 Å². The predicted octanol–water partition coefficient (Wildman–Crippen LogP) is 2.65. The molecule has 0 unspecified atom stereocenters. The molecule has 0 bridgehead atoms. The first kappa shape index (κ1) is 13.1. The smallest absolute Gasteiger partial charge is 0.346 e. The third-order valence-electron chi connectivity index (χ3n) is 2.46. The number of aryl methyl sites for hydroxylation is 1. The first-order chi connectivity index (χ1) is 9.13. The average molecular weight is 276 g/mol. The maximum absolute atomic E-state index is 11.8. The van der Waals surface area contributed by atoms with E-state index in [2.05, 4.69) is 5.10 Å². The molecule has 0 spiro atoms. The molecular weight excluding hydrogens is 266 g/mol. The largest absolute Gasteiger partial charge is 0.423 e. The molecule has 19 heavy (non-hydrogen) atoms. The van der Waals surface area contributed by atoms with Crippen LogP contribution in [0.3, 0.4) is 0 Å². The number of hydrogen-bond acceptors (Lipinski definition) is 4. The molecule has 2 aromatic rings. The quantitative estimate of drug-likeness (QED) is 0.638. The Kier molecular flexibility index (Phi) is 3.83. The zero-order chi connectivity index (χ0) is 13.8. The highest BCUT2D eigenvalue weighted by atomic mass is 35.5. The van der Waals surface area contributed by atoms with Gasteiger partial charge in [0.2, 0.25) is 0 Å². The van der Waals surface area contributed by atoms with Gasteiger partial charge in [-0.15, -0.1) is 0 Å². The summed E-state index contributed by atoms with van der Waals surface area (Å²) in [6.45, 7) is 2.60. The highest BCUT2D eigenvalue weighted by molar-refractivity contribution is 6.31. The fraction of sp³-hybridized carbons (Fsp3) is 0.154.